The summed E-state index contributed by atoms with van der Waals surface area (Å²) in [5.74, 6) is 1.33. The number of ether oxygens (including phenoxy) is 2. The van der Waals surface area contributed by atoms with Gasteiger partial charge in [-0.2, -0.15) is 0 Å². The van der Waals surface area contributed by atoms with Gasteiger partial charge in [0.1, 0.15) is 11.5 Å². The lowest BCUT2D eigenvalue weighted by molar-refractivity contribution is -0.939. The fourth-order valence-corrected chi connectivity index (χ4v) is 5.84. The van der Waals surface area contributed by atoms with Gasteiger partial charge in [0, 0.05) is 12.8 Å². The van der Waals surface area contributed by atoms with Crippen molar-refractivity contribution < 1.29 is 18.8 Å². The van der Waals surface area contributed by atoms with Crippen molar-refractivity contribution in [2.45, 2.75) is 50.6 Å². The molecule has 1 fully saturated rings. The minimum Gasteiger partial charge on any atom is -0.497 e. The van der Waals surface area contributed by atoms with Crippen LogP contribution in [0.5, 0.6) is 11.5 Å². The van der Waals surface area contributed by atoms with E-state index in [0.29, 0.717) is 6.04 Å². The Hall–Kier alpha value is -3.56. The highest BCUT2D eigenvalue weighted by atomic mass is 35.5. The van der Waals surface area contributed by atoms with Crippen LogP contribution >= 0.6 is 11.6 Å². The minimum absolute atomic E-state index is 0.00851. The second-order valence-corrected chi connectivity index (χ2v) is 11.1. The maximum Gasteiger partial charge on any atom is 0.274 e. The first-order chi connectivity index (χ1) is 19.2. The summed E-state index contributed by atoms with van der Waals surface area (Å²) in [6, 6.07) is 17.0. The van der Waals surface area contributed by atoms with Crippen molar-refractivity contribution in [3.63, 3.8) is 0 Å². The quantitative estimate of drug-likeness (QED) is 0.295. The number of hydrogen-bond donors (Lipinski definition) is 3. The van der Waals surface area contributed by atoms with Gasteiger partial charge in [-0.05, 0) is 61.1 Å². The van der Waals surface area contributed by atoms with Crippen LogP contribution in [0.15, 0.2) is 48.5 Å². The third kappa shape index (κ3) is 7.34. The lowest BCUT2D eigenvalue weighted by atomic mass is 9.92. The number of nitrogen functional groups attached to an aromatic ring is 2. The maximum atomic E-state index is 13.1. The molecule has 2 aromatic carbocycles. The van der Waals surface area contributed by atoms with Crippen molar-refractivity contribution in [2.24, 2.45) is 0 Å². The number of halogens is 1. The number of aryl methyl sites for hydroxylation is 2. The molecule has 9 nitrogen and oxygen atoms in total. The van der Waals surface area contributed by atoms with Gasteiger partial charge in [-0.1, -0.05) is 35.9 Å². The Bertz CT molecular complexity index is 1240. The highest BCUT2D eigenvalue weighted by Gasteiger charge is 2.38. The molecule has 3 aromatic rings. The average molecular weight is 568 g/mol. The highest BCUT2D eigenvalue weighted by Crippen LogP contribution is 2.28. The van der Waals surface area contributed by atoms with Gasteiger partial charge in [0.25, 0.3) is 5.91 Å². The van der Waals surface area contributed by atoms with E-state index in [0.717, 1.165) is 67.6 Å². The molecule has 1 aliphatic heterocycles. The van der Waals surface area contributed by atoms with Gasteiger partial charge in [-0.3, -0.25) is 4.79 Å². The summed E-state index contributed by atoms with van der Waals surface area (Å²) in [5.41, 5.74) is 14.2. The highest BCUT2D eigenvalue weighted by molar-refractivity contribution is 6.31. The summed E-state index contributed by atoms with van der Waals surface area (Å²) in [4.78, 5) is 21.1. The number of carbonyl (C=O) groups is 1. The van der Waals surface area contributed by atoms with Crippen molar-refractivity contribution in [1.82, 2.24) is 15.3 Å². The zero-order valence-corrected chi connectivity index (χ0v) is 24.3. The van der Waals surface area contributed by atoms with Crippen LogP contribution < -0.4 is 26.3 Å². The molecule has 10 heteroatoms. The average Bonchev–Trinajstić information content (AvgIpc) is 2.95. The van der Waals surface area contributed by atoms with Crippen molar-refractivity contribution in [1.29, 1.82) is 0 Å². The van der Waals surface area contributed by atoms with Crippen molar-refractivity contribution >= 4 is 29.1 Å². The number of aromatic nitrogens is 2. The van der Waals surface area contributed by atoms with Crippen LogP contribution in [-0.4, -0.2) is 66.8 Å². The topological polar surface area (TPSA) is 125 Å². The number of likely N-dealkylation sites (tertiary alicyclic amines) is 1. The van der Waals surface area contributed by atoms with Gasteiger partial charge in [0.15, 0.2) is 22.5 Å². The van der Waals surface area contributed by atoms with E-state index >= 15 is 0 Å². The molecular weight excluding hydrogens is 528 g/mol. The third-order valence-electron chi connectivity index (χ3n) is 8.05. The number of likely N-dealkylation sites (N-methyl/N-ethyl adjacent to an activating group) is 1. The van der Waals surface area contributed by atoms with Gasteiger partial charge >= 0.3 is 0 Å². The van der Waals surface area contributed by atoms with Gasteiger partial charge < -0.3 is 30.7 Å². The molecule has 214 valence electrons. The number of anilines is 2. The van der Waals surface area contributed by atoms with E-state index in [-0.39, 0.29) is 34.4 Å². The Morgan fingerprint density at radius 2 is 1.52 bits per heavy atom. The van der Waals surface area contributed by atoms with E-state index in [4.69, 9.17) is 32.5 Å². The van der Waals surface area contributed by atoms with E-state index in [1.54, 1.807) is 14.2 Å². The van der Waals surface area contributed by atoms with Crippen LogP contribution in [0.1, 0.15) is 47.3 Å². The number of hydrogen-bond acceptors (Lipinski definition) is 7. The van der Waals surface area contributed by atoms with Gasteiger partial charge in [0.05, 0.1) is 46.4 Å². The summed E-state index contributed by atoms with van der Waals surface area (Å²) in [6.07, 6.45) is 5.90. The summed E-state index contributed by atoms with van der Waals surface area (Å²) in [7, 11) is 5.69. The summed E-state index contributed by atoms with van der Waals surface area (Å²) in [5, 5.41) is 3.11. The van der Waals surface area contributed by atoms with Gasteiger partial charge in [-0.25, -0.2) is 9.97 Å². The van der Waals surface area contributed by atoms with Crippen molar-refractivity contribution in [3.8, 4) is 11.5 Å². The second-order valence-electron chi connectivity index (χ2n) is 10.8. The number of nitrogens with zero attached hydrogens (tertiary/aromatic N) is 3. The predicted octanol–water partition coefficient (Wildman–Crippen LogP) is 4.28. The standard InChI is InChI=1S/C30H39ClN6O3/c1-37(18-4-5-22(19-37)34-30(38)26-28(32)36-29(33)27(31)35-26)23(12-6-20-8-14-24(39-2)15-9-20)13-7-21-10-16-25(40-3)17-11-21/h8-11,14-17,22-23H,4-7,12-13,18-19H2,1-3H3,(H4-,32,33,34,36,38)/p+1. The molecule has 0 bridgehead atoms. The monoisotopic (exact) mass is 567 g/mol. The van der Waals surface area contributed by atoms with Crippen LogP contribution in [0.4, 0.5) is 11.6 Å². The Labute approximate surface area is 241 Å². The molecule has 4 rings (SSSR count). The first-order valence-electron chi connectivity index (χ1n) is 13.7. The molecule has 5 N–H and O–H groups in total. The summed E-state index contributed by atoms with van der Waals surface area (Å²) >= 11 is 6.01. The van der Waals surface area contributed by atoms with Crippen LogP contribution in [0, 0.1) is 0 Å². The lowest BCUT2D eigenvalue weighted by Gasteiger charge is -2.47. The zero-order valence-electron chi connectivity index (χ0n) is 23.5. The number of benzene rings is 2. The number of rotatable bonds is 11. The molecule has 2 heterocycles. The molecule has 0 spiro atoms. The number of methoxy groups -OCH3 is 2. The van der Waals surface area contributed by atoms with E-state index in [1.165, 1.54) is 11.1 Å². The first kappa shape index (κ1) is 29.4. The normalized spacial score (nSPS) is 18.9. The third-order valence-corrected chi connectivity index (χ3v) is 8.32. The molecule has 1 amide bonds. The lowest BCUT2D eigenvalue weighted by Crippen LogP contribution is -2.62. The molecule has 0 aliphatic carbocycles. The largest absolute Gasteiger partial charge is 0.497 e. The number of quaternary nitrogens is 1. The summed E-state index contributed by atoms with van der Waals surface area (Å²) in [6.45, 7) is 1.87. The van der Waals surface area contributed by atoms with Crippen molar-refractivity contribution in [3.05, 3.63) is 70.5 Å². The summed E-state index contributed by atoms with van der Waals surface area (Å²) < 4.78 is 11.5. The van der Waals surface area contributed by atoms with E-state index in [2.05, 4.69) is 46.6 Å². The molecule has 2 unspecified atom stereocenters. The van der Waals surface area contributed by atoms with Gasteiger partial charge in [-0.15, -0.1) is 0 Å². The molecule has 2 atom stereocenters. The SMILES string of the molecule is COc1ccc(CCC(CCc2ccc(OC)cc2)[N+]2(C)CCCC(NC(=O)c3nc(Cl)c(N)nc3N)C2)cc1. The van der Waals surface area contributed by atoms with Crippen LogP contribution in [-0.2, 0) is 12.8 Å². The Kier molecular flexibility index (Phi) is 9.71. The molecule has 0 saturated carbocycles. The number of nitrogens with two attached hydrogens (primary N) is 2. The second kappa shape index (κ2) is 13.2. The van der Waals surface area contributed by atoms with Crippen LogP contribution in [0.25, 0.3) is 0 Å². The molecule has 1 aliphatic rings. The number of nitrogens with one attached hydrogen (secondary N) is 1. The van der Waals surface area contributed by atoms with Crippen LogP contribution in [0.2, 0.25) is 5.15 Å². The Morgan fingerprint density at radius 1 is 0.975 bits per heavy atom. The predicted molar refractivity (Wildman–Crippen MR) is 159 cm³/mol. The Morgan fingerprint density at radius 3 is 2.05 bits per heavy atom. The van der Waals surface area contributed by atoms with Crippen molar-refractivity contribution in [2.75, 3.05) is 45.8 Å². The molecule has 0 radical (unpaired) electrons. The molecular formula is C30H40ClN6O3+. The molecule has 1 saturated heterocycles. The van der Waals surface area contributed by atoms with Crippen LogP contribution in [0.3, 0.4) is 0 Å². The van der Waals surface area contributed by atoms with E-state index in [1.807, 2.05) is 24.3 Å². The van der Waals surface area contributed by atoms with E-state index in [9.17, 15) is 4.79 Å². The number of amides is 1. The fraction of sp³-hybridized carbons (Fsp3) is 0.433. The smallest absolute Gasteiger partial charge is 0.274 e. The number of carbonyl (C=O) groups excluding carboxylic acids is 1. The maximum absolute atomic E-state index is 13.1. The van der Waals surface area contributed by atoms with Gasteiger partial charge in [0.2, 0.25) is 0 Å². The first-order valence-corrected chi connectivity index (χ1v) is 14.1. The zero-order chi connectivity index (χ0) is 28.7. The molecule has 40 heavy (non-hydrogen) atoms. The van der Waals surface area contributed by atoms with E-state index < -0.39 is 0 Å². The molecule has 1 aromatic heterocycles. The fourth-order valence-electron chi connectivity index (χ4n) is 5.72. The Balaban J connectivity index is 1.48. The minimum atomic E-state index is -0.377. The number of piperidine rings is 1.